The lowest BCUT2D eigenvalue weighted by Crippen LogP contribution is -2.29. The van der Waals surface area contributed by atoms with Crippen molar-refractivity contribution in [3.8, 4) is 17.1 Å². The summed E-state index contributed by atoms with van der Waals surface area (Å²) in [6.07, 6.45) is 16.5. The molecule has 244 valence electrons. The molecule has 0 spiro atoms. The highest BCUT2D eigenvalue weighted by Gasteiger charge is 2.26. The van der Waals surface area contributed by atoms with Crippen LogP contribution in [-0.4, -0.2) is 26.2 Å². The lowest BCUT2D eigenvalue weighted by molar-refractivity contribution is 0.410. The zero-order chi connectivity index (χ0) is 32.5. The Labute approximate surface area is 285 Å². The third-order valence-corrected chi connectivity index (χ3v) is 10.9. The Morgan fingerprint density at radius 2 is 1.53 bits per heavy atom. The number of anilines is 1. The molecule has 0 unspecified atom stereocenters. The van der Waals surface area contributed by atoms with Crippen LogP contribution in [0.25, 0.3) is 23.0 Å². The predicted octanol–water partition coefficient (Wildman–Crippen LogP) is 10.3. The Hall–Kier alpha value is -3.76. The van der Waals surface area contributed by atoms with Gasteiger partial charge in [-0.3, -0.25) is 0 Å². The van der Waals surface area contributed by atoms with Crippen molar-refractivity contribution in [1.29, 1.82) is 0 Å². The van der Waals surface area contributed by atoms with Crippen molar-refractivity contribution in [2.75, 3.05) is 31.1 Å². The van der Waals surface area contributed by atoms with E-state index in [1.54, 1.807) is 0 Å². The Morgan fingerprint density at radius 1 is 0.787 bits per heavy atom. The van der Waals surface area contributed by atoms with Gasteiger partial charge in [0.25, 0.3) is 0 Å². The molecular weight excluding hydrogens is 600 g/mol. The van der Waals surface area contributed by atoms with Crippen LogP contribution in [0.15, 0.2) is 92.1 Å². The molecule has 0 radical (unpaired) electrons. The number of nitrogens with zero attached hydrogens (tertiary/aromatic N) is 2. The van der Waals surface area contributed by atoms with Gasteiger partial charge in [-0.05, 0) is 149 Å². The van der Waals surface area contributed by atoms with Crippen LogP contribution < -0.4 is 19.6 Å². The number of hydrogen-bond donors (Lipinski definition) is 0. The summed E-state index contributed by atoms with van der Waals surface area (Å²) in [7, 11) is 0. The summed E-state index contributed by atoms with van der Waals surface area (Å²) in [5, 5.41) is 2.12. The molecule has 0 amide bonds. The minimum atomic E-state index is 0.907. The van der Waals surface area contributed by atoms with Gasteiger partial charge in [-0.2, -0.15) is 0 Å². The Balaban J connectivity index is 1.24. The fraction of sp³-hybridized carbons (Fsp3) is 0.405. The zero-order valence-corrected chi connectivity index (χ0v) is 29.3. The second kappa shape index (κ2) is 13.8. The van der Waals surface area contributed by atoms with E-state index < -0.39 is 0 Å². The first-order valence-corrected chi connectivity index (χ1v) is 18.3. The fourth-order valence-electron chi connectivity index (χ4n) is 7.83. The summed E-state index contributed by atoms with van der Waals surface area (Å²) >= 11 is 7.29. The normalized spacial score (nSPS) is 19.4. The van der Waals surface area contributed by atoms with Gasteiger partial charge in [0, 0.05) is 47.1 Å². The fourth-order valence-corrected chi connectivity index (χ4v) is 8.13. The van der Waals surface area contributed by atoms with Gasteiger partial charge in [-0.1, -0.05) is 23.8 Å². The first kappa shape index (κ1) is 31.8. The predicted molar refractivity (Wildman–Crippen MR) is 197 cm³/mol. The van der Waals surface area contributed by atoms with Gasteiger partial charge in [0.2, 0.25) is 5.36 Å². The van der Waals surface area contributed by atoms with E-state index in [1.165, 1.54) is 55.6 Å². The highest BCUT2D eigenvalue weighted by molar-refractivity contribution is 6.32. The molecule has 0 fully saturated rings. The minimum Gasteiger partial charge on any atom is -0.456 e. The maximum Gasteiger partial charge on any atom is 0.203 e. The van der Waals surface area contributed by atoms with Crippen molar-refractivity contribution < 1.29 is 9.15 Å². The maximum absolute atomic E-state index is 7.29. The summed E-state index contributed by atoms with van der Waals surface area (Å²) in [5.74, 6) is 3.99. The van der Waals surface area contributed by atoms with Crippen LogP contribution >= 0.6 is 11.6 Å². The number of halogens is 1. The third-order valence-electron chi connectivity index (χ3n) is 10.4. The van der Waals surface area contributed by atoms with Crippen molar-refractivity contribution in [2.24, 2.45) is 0 Å². The Bertz CT molecular complexity index is 1890. The van der Waals surface area contributed by atoms with Crippen molar-refractivity contribution >= 4 is 28.9 Å². The van der Waals surface area contributed by atoms with Crippen molar-refractivity contribution in [1.82, 2.24) is 4.58 Å². The van der Waals surface area contributed by atoms with Gasteiger partial charge in [-0.15, -0.1) is 0 Å². The van der Waals surface area contributed by atoms with Crippen LogP contribution in [0, 0.1) is 0 Å². The van der Waals surface area contributed by atoms with E-state index in [1.807, 2.05) is 0 Å². The smallest absolute Gasteiger partial charge is 0.203 e. The molecule has 4 nitrogen and oxygen atoms in total. The van der Waals surface area contributed by atoms with Crippen LogP contribution in [0.5, 0.6) is 5.75 Å². The molecule has 0 atom stereocenters. The molecule has 5 heteroatoms. The first-order valence-electron chi connectivity index (χ1n) is 18.0. The number of ether oxygens (including phenoxy) is 1. The van der Waals surface area contributed by atoms with Gasteiger partial charge in [0.1, 0.15) is 36.1 Å². The molecule has 0 bridgehead atoms. The van der Waals surface area contributed by atoms with Crippen molar-refractivity contribution in [3.05, 3.63) is 110 Å². The van der Waals surface area contributed by atoms with Gasteiger partial charge < -0.3 is 14.1 Å². The molecule has 0 saturated carbocycles. The average Bonchev–Trinajstić information content (AvgIpc) is 3.09. The molecule has 2 heterocycles. The second-order valence-electron chi connectivity index (χ2n) is 13.3. The second-order valence-corrected chi connectivity index (χ2v) is 13.6. The molecule has 6 aliphatic rings. The summed E-state index contributed by atoms with van der Waals surface area (Å²) in [6.45, 7) is 12.7. The quantitative estimate of drug-likeness (QED) is 0.239. The van der Waals surface area contributed by atoms with E-state index in [2.05, 4.69) is 97.9 Å². The van der Waals surface area contributed by atoms with E-state index in [-0.39, 0.29) is 0 Å². The molecule has 0 aromatic heterocycles. The molecule has 0 N–H and O–H groups in total. The Kier molecular flexibility index (Phi) is 9.32. The molecule has 7 rings (SSSR count). The number of benzene rings is 2. The van der Waals surface area contributed by atoms with E-state index >= 15 is 0 Å². The largest absolute Gasteiger partial charge is 0.456 e. The van der Waals surface area contributed by atoms with Gasteiger partial charge >= 0.3 is 0 Å². The molecule has 2 aliphatic heterocycles. The van der Waals surface area contributed by atoms with Gasteiger partial charge in [0.15, 0.2) is 0 Å². The lowest BCUT2D eigenvalue weighted by Gasteiger charge is -2.29. The highest BCUT2D eigenvalue weighted by atomic mass is 35.5. The molecular formula is C42H48ClN2O2+. The number of fused-ring (bicyclic) bond motifs is 4. The zero-order valence-electron chi connectivity index (χ0n) is 28.6. The topological polar surface area (TPSA) is 28.6 Å². The van der Waals surface area contributed by atoms with Crippen LogP contribution in [0.1, 0.15) is 95.9 Å². The van der Waals surface area contributed by atoms with Crippen molar-refractivity contribution in [2.45, 2.75) is 85.5 Å². The first-order chi connectivity index (χ1) is 23.0. The van der Waals surface area contributed by atoms with Gasteiger partial charge in [-0.25, -0.2) is 4.58 Å². The molecule has 47 heavy (non-hydrogen) atoms. The van der Waals surface area contributed by atoms with E-state index in [4.69, 9.17) is 20.8 Å². The average molecular weight is 648 g/mol. The van der Waals surface area contributed by atoms with E-state index in [0.29, 0.717) is 0 Å². The van der Waals surface area contributed by atoms with Crippen LogP contribution in [0.2, 0.25) is 0 Å². The van der Waals surface area contributed by atoms with E-state index in [0.717, 1.165) is 112 Å². The molecule has 1 aromatic rings. The monoisotopic (exact) mass is 647 g/mol. The third kappa shape index (κ3) is 6.29. The summed E-state index contributed by atoms with van der Waals surface area (Å²) in [5.41, 5.74) is 11.2. The van der Waals surface area contributed by atoms with Gasteiger partial charge in [0.05, 0.1) is 6.07 Å². The molecule has 0 saturated heterocycles. The number of aryl methyl sites for hydroxylation is 1. The van der Waals surface area contributed by atoms with Crippen LogP contribution in [0.3, 0.4) is 0 Å². The van der Waals surface area contributed by atoms with E-state index in [9.17, 15) is 0 Å². The van der Waals surface area contributed by atoms with Crippen molar-refractivity contribution in [3.63, 3.8) is 0 Å². The standard InChI is InChI=1S/C42H48ClN2O2/c1-5-44(6-2)36-20-18-28-22-32-14-10-16-34(41(32)46-38(28)26-36)24-30-12-9-13-31(40(30)43)25-35-17-11-15-33-23-29-19-21-37(45(7-3)8-4)27-39(29)47-42(33)35/h18-27H,5-17H2,1-4H3/q+1. The number of rotatable bonds is 7. The summed E-state index contributed by atoms with van der Waals surface area (Å²) in [4.78, 5) is 2.37. The molecule has 4 aliphatic carbocycles. The SMILES string of the molecule is CCN(CC)c1ccc2c(c1)OC1=C(/C=C3\CCCC(/C=C4\CCCc5cc6ccc(=[N+](CC)CC)cc-6oc54)=C3Cl)CCCC1=C2. The number of allylic oxidation sites excluding steroid dienone is 8. The Morgan fingerprint density at radius 3 is 2.34 bits per heavy atom. The number of hydrogen-bond acceptors (Lipinski definition) is 3. The summed E-state index contributed by atoms with van der Waals surface area (Å²) in [6, 6.07) is 15.6. The highest BCUT2D eigenvalue weighted by Crippen LogP contribution is 2.44. The lowest BCUT2D eigenvalue weighted by atomic mass is 9.85. The molecule has 1 aromatic carbocycles. The maximum atomic E-state index is 7.29. The summed E-state index contributed by atoms with van der Waals surface area (Å²) < 4.78 is 15.8. The minimum absolute atomic E-state index is 0.907. The van der Waals surface area contributed by atoms with Crippen LogP contribution in [0.4, 0.5) is 5.69 Å². The van der Waals surface area contributed by atoms with Crippen LogP contribution in [-0.2, 0) is 6.42 Å².